The molecule has 30 heavy (non-hydrogen) atoms. The molecule has 0 fully saturated rings. The number of aromatic amines is 1. The maximum absolute atomic E-state index is 13.2. The van der Waals surface area contributed by atoms with Crippen molar-refractivity contribution in [2.45, 2.75) is 26.9 Å². The van der Waals surface area contributed by atoms with Gasteiger partial charge in [-0.3, -0.25) is 14.6 Å². The average molecular weight is 397 g/mol. The molecule has 0 aliphatic carbocycles. The van der Waals surface area contributed by atoms with Crippen molar-refractivity contribution < 1.29 is 4.79 Å². The van der Waals surface area contributed by atoms with E-state index in [-0.39, 0.29) is 18.0 Å². The molecule has 0 aliphatic rings. The van der Waals surface area contributed by atoms with Gasteiger partial charge < -0.3 is 9.88 Å². The number of H-pyrrole nitrogens is 1. The summed E-state index contributed by atoms with van der Waals surface area (Å²) in [5, 5.41) is 0.970. The zero-order valence-corrected chi connectivity index (χ0v) is 17.1. The molecule has 5 heteroatoms. The van der Waals surface area contributed by atoms with Crippen LogP contribution < -0.4 is 5.56 Å². The number of benzene rings is 2. The van der Waals surface area contributed by atoms with E-state index in [0.29, 0.717) is 17.7 Å². The van der Waals surface area contributed by atoms with E-state index in [1.807, 2.05) is 62.4 Å². The first-order chi connectivity index (χ1) is 14.5. The predicted molar refractivity (Wildman–Crippen MR) is 118 cm³/mol. The van der Waals surface area contributed by atoms with Crippen molar-refractivity contribution in [1.82, 2.24) is 14.9 Å². The molecular weight excluding hydrogens is 374 g/mol. The lowest BCUT2D eigenvalue weighted by Crippen LogP contribution is -2.32. The van der Waals surface area contributed by atoms with Crippen LogP contribution in [-0.4, -0.2) is 20.8 Å². The van der Waals surface area contributed by atoms with Gasteiger partial charge in [-0.1, -0.05) is 42.0 Å². The molecule has 1 amide bonds. The molecule has 0 radical (unpaired) electrons. The van der Waals surface area contributed by atoms with Gasteiger partial charge in [-0.15, -0.1) is 0 Å². The van der Waals surface area contributed by atoms with Crippen molar-refractivity contribution in [3.63, 3.8) is 0 Å². The minimum atomic E-state index is -0.171. The summed E-state index contributed by atoms with van der Waals surface area (Å²) in [5.41, 5.74) is 4.94. The Hall–Kier alpha value is -3.73. The Balaban J connectivity index is 1.73. The lowest BCUT2D eigenvalue weighted by Gasteiger charge is -2.23. The number of amides is 1. The molecule has 4 aromatic rings. The van der Waals surface area contributed by atoms with E-state index >= 15 is 0 Å². The number of carbonyl (C=O) groups excluding carboxylic acids is 1. The summed E-state index contributed by atoms with van der Waals surface area (Å²) in [4.78, 5) is 34.7. The first-order valence-corrected chi connectivity index (χ1v) is 9.87. The van der Waals surface area contributed by atoms with Crippen LogP contribution in [0.1, 0.15) is 32.6 Å². The molecule has 2 heterocycles. The van der Waals surface area contributed by atoms with Crippen molar-refractivity contribution in [3.05, 3.63) is 111 Å². The van der Waals surface area contributed by atoms with Crippen LogP contribution in [0.4, 0.5) is 0 Å². The Morgan fingerprint density at radius 3 is 2.43 bits per heavy atom. The molecule has 0 saturated heterocycles. The maximum Gasteiger partial charge on any atom is 0.254 e. The van der Waals surface area contributed by atoms with Gasteiger partial charge >= 0.3 is 0 Å². The molecule has 5 nitrogen and oxygen atoms in total. The summed E-state index contributed by atoms with van der Waals surface area (Å²) >= 11 is 0. The Kier molecular flexibility index (Phi) is 5.44. The fourth-order valence-electron chi connectivity index (χ4n) is 3.74. The molecular formula is C25H23N3O2. The molecule has 4 rings (SSSR count). The SMILES string of the molecule is Cc1cc(C)c2[nH]c(=O)c(CN(Cc3ccccc3)C(=O)c3ccncc3)cc2c1. The van der Waals surface area contributed by atoms with Crippen LogP contribution in [0.3, 0.4) is 0 Å². The number of hydrogen-bond acceptors (Lipinski definition) is 3. The Bertz CT molecular complexity index is 1250. The first-order valence-electron chi connectivity index (χ1n) is 9.87. The molecule has 150 valence electrons. The maximum atomic E-state index is 13.2. The van der Waals surface area contributed by atoms with E-state index in [4.69, 9.17) is 0 Å². The summed E-state index contributed by atoms with van der Waals surface area (Å²) in [6.45, 7) is 4.64. The van der Waals surface area contributed by atoms with E-state index in [1.165, 1.54) is 0 Å². The van der Waals surface area contributed by atoms with E-state index < -0.39 is 0 Å². The van der Waals surface area contributed by atoms with E-state index in [0.717, 1.165) is 27.6 Å². The van der Waals surface area contributed by atoms with Crippen LogP contribution in [-0.2, 0) is 13.1 Å². The number of nitrogens with zero attached hydrogens (tertiary/aromatic N) is 2. The van der Waals surface area contributed by atoms with E-state index in [2.05, 4.69) is 9.97 Å². The molecule has 2 aromatic heterocycles. The van der Waals surface area contributed by atoms with Gasteiger partial charge in [0.1, 0.15) is 0 Å². The fourth-order valence-corrected chi connectivity index (χ4v) is 3.74. The molecule has 0 saturated carbocycles. The summed E-state index contributed by atoms with van der Waals surface area (Å²) in [6, 6.07) is 19.2. The van der Waals surface area contributed by atoms with Crippen LogP contribution in [0.5, 0.6) is 0 Å². The van der Waals surface area contributed by atoms with Gasteiger partial charge in [0.15, 0.2) is 0 Å². The Labute approximate surface area is 175 Å². The zero-order valence-electron chi connectivity index (χ0n) is 17.1. The highest BCUT2D eigenvalue weighted by Crippen LogP contribution is 2.19. The van der Waals surface area contributed by atoms with Gasteiger partial charge in [0, 0.05) is 30.1 Å². The van der Waals surface area contributed by atoms with E-state index in [9.17, 15) is 9.59 Å². The van der Waals surface area contributed by atoms with Crippen LogP contribution in [0, 0.1) is 13.8 Å². The lowest BCUT2D eigenvalue weighted by molar-refractivity contribution is 0.0729. The van der Waals surface area contributed by atoms with E-state index in [1.54, 1.807) is 29.4 Å². The zero-order chi connectivity index (χ0) is 21.1. The van der Waals surface area contributed by atoms with Crippen LogP contribution in [0.25, 0.3) is 10.9 Å². The Morgan fingerprint density at radius 1 is 0.967 bits per heavy atom. The van der Waals surface area contributed by atoms with Gasteiger partial charge in [0.05, 0.1) is 12.1 Å². The summed E-state index contributed by atoms with van der Waals surface area (Å²) in [7, 11) is 0. The Morgan fingerprint density at radius 2 is 1.70 bits per heavy atom. The second-order valence-electron chi connectivity index (χ2n) is 7.55. The fraction of sp³-hybridized carbons (Fsp3) is 0.160. The summed E-state index contributed by atoms with van der Waals surface area (Å²) in [5.74, 6) is -0.138. The third-order valence-electron chi connectivity index (χ3n) is 5.16. The largest absolute Gasteiger partial charge is 0.330 e. The average Bonchev–Trinajstić information content (AvgIpc) is 2.75. The van der Waals surface area contributed by atoms with Gasteiger partial charge in [-0.25, -0.2) is 0 Å². The molecule has 0 atom stereocenters. The number of fused-ring (bicyclic) bond motifs is 1. The molecule has 1 N–H and O–H groups in total. The minimum Gasteiger partial charge on any atom is -0.330 e. The van der Waals surface area contributed by atoms with Crippen molar-refractivity contribution in [2.24, 2.45) is 0 Å². The highest BCUT2D eigenvalue weighted by atomic mass is 16.2. The second kappa shape index (κ2) is 8.33. The number of hydrogen-bond donors (Lipinski definition) is 1. The van der Waals surface area contributed by atoms with Crippen LogP contribution in [0.2, 0.25) is 0 Å². The lowest BCUT2D eigenvalue weighted by atomic mass is 10.0. The standard InChI is InChI=1S/C25H23N3O2/c1-17-12-18(2)23-21(13-17)14-22(24(29)27-23)16-28(15-19-6-4-3-5-7-19)25(30)20-8-10-26-11-9-20/h3-14H,15-16H2,1-2H3,(H,27,29). The number of rotatable bonds is 5. The van der Waals surface area contributed by atoms with Gasteiger partial charge in [0.2, 0.25) is 0 Å². The number of aryl methyl sites for hydroxylation is 2. The monoisotopic (exact) mass is 397 g/mol. The van der Waals surface area contributed by atoms with Crippen LogP contribution >= 0.6 is 0 Å². The molecule has 0 aliphatic heterocycles. The highest BCUT2D eigenvalue weighted by Gasteiger charge is 2.18. The summed E-state index contributed by atoms with van der Waals surface area (Å²) in [6.07, 6.45) is 3.20. The molecule has 0 bridgehead atoms. The second-order valence-corrected chi connectivity index (χ2v) is 7.55. The first kappa shape index (κ1) is 19.6. The molecule has 0 spiro atoms. The van der Waals surface area contributed by atoms with Gasteiger partial charge in [-0.05, 0) is 54.6 Å². The number of aromatic nitrogens is 2. The van der Waals surface area contributed by atoms with Crippen molar-refractivity contribution in [2.75, 3.05) is 0 Å². The third-order valence-corrected chi connectivity index (χ3v) is 5.16. The third kappa shape index (κ3) is 4.15. The minimum absolute atomic E-state index is 0.138. The predicted octanol–water partition coefficient (Wildman–Crippen LogP) is 4.38. The van der Waals surface area contributed by atoms with Crippen molar-refractivity contribution >= 4 is 16.8 Å². The molecule has 2 aromatic carbocycles. The normalized spacial score (nSPS) is 10.9. The highest BCUT2D eigenvalue weighted by molar-refractivity contribution is 5.94. The summed E-state index contributed by atoms with van der Waals surface area (Å²) < 4.78 is 0. The smallest absolute Gasteiger partial charge is 0.254 e. The van der Waals surface area contributed by atoms with Crippen LogP contribution in [0.15, 0.2) is 77.9 Å². The number of carbonyl (C=O) groups is 1. The topological polar surface area (TPSA) is 66.1 Å². The molecule has 0 unspecified atom stereocenters. The van der Waals surface area contributed by atoms with Crippen molar-refractivity contribution in [3.8, 4) is 0 Å². The van der Waals surface area contributed by atoms with Crippen molar-refractivity contribution in [1.29, 1.82) is 0 Å². The number of nitrogens with one attached hydrogen (secondary N) is 1. The van der Waals surface area contributed by atoms with Gasteiger partial charge in [0.25, 0.3) is 11.5 Å². The quantitative estimate of drug-likeness (QED) is 0.543. The number of pyridine rings is 2. The van der Waals surface area contributed by atoms with Gasteiger partial charge in [-0.2, -0.15) is 0 Å².